The molecule has 0 saturated carbocycles. The smallest absolute Gasteiger partial charge is 0.324 e. The maximum Gasteiger partial charge on any atom is 0.339 e. The quantitative estimate of drug-likeness (QED) is 0.485. The highest BCUT2D eigenvalue weighted by Crippen LogP contribution is 2.41. The molecule has 0 aromatic heterocycles. The van der Waals surface area contributed by atoms with Gasteiger partial charge >= 0.3 is 15.2 Å². The largest absolute Gasteiger partial charge is 0.339 e. The number of hydrogen-bond acceptors (Lipinski definition) is 4. The summed E-state index contributed by atoms with van der Waals surface area (Å²) in [5.41, 5.74) is 0. The van der Waals surface area contributed by atoms with Crippen LogP contribution in [-0.2, 0) is 13.7 Å². The molecule has 4 N–H and O–H groups in total. The second-order valence-electron chi connectivity index (χ2n) is 2.55. The lowest BCUT2D eigenvalue weighted by Crippen LogP contribution is -2.24. The summed E-state index contributed by atoms with van der Waals surface area (Å²) >= 11 is 0. The molecule has 0 saturated heterocycles. The lowest BCUT2D eigenvalue weighted by Gasteiger charge is -2.19. The molecule has 0 spiro atoms. The van der Waals surface area contributed by atoms with E-state index in [1.165, 1.54) is 0 Å². The first-order chi connectivity index (χ1) is 6.14. The highest BCUT2D eigenvalue weighted by molar-refractivity contribution is 7.52. The van der Waals surface area contributed by atoms with Crippen molar-refractivity contribution in [2.24, 2.45) is 0 Å². The standard InChI is InChI=1S/C3H10NO7P3/c5-12-1-4(2-13(6,7)8)3-14(9,10)11/h1-3H2,(H2,6,7,8)(H2,9,10,11). The summed E-state index contributed by atoms with van der Waals surface area (Å²) in [4.78, 5) is 34.8. The Balaban J connectivity index is 4.38. The summed E-state index contributed by atoms with van der Waals surface area (Å²) in [6.07, 6.45) is -1.99. The van der Waals surface area contributed by atoms with E-state index in [1.54, 1.807) is 0 Å². The van der Waals surface area contributed by atoms with Gasteiger partial charge in [-0.2, -0.15) is 0 Å². The minimum absolute atomic E-state index is 0.337. The third kappa shape index (κ3) is 8.94. The molecule has 14 heavy (non-hydrogen) atoms. The lowest BCUT2D eigenvalue weighted by atomic mass is 11.0. The van der Waals surface area contributed by atoms with Crippen LogP contribution in [0.25, 0.3) is 0 Å². The van der Waals surface area contributed by atoms with E-state index < -0.39 is 36.2 Å². The van der Waals surface area contributed by atoms with Crippen LogP contribution in [0.4, 0.5) is 0 Å². The third-order valence-corrected chi connectivity index (χ3v) is 3.08. The Kier molecular flexibility index (Phi) is 5.59. The average Bonchev–Trinajstić information content (AvgIpc) is 1.78. The van der Waals surface area contributed by atoms with E-state index >= 15 is 0 Å². The summed E-state index contributed by atoms with van der Waals surface area (Å²) in [5.74, 6) is 0. The monoisotopic (exact) mass is 265 g/mol. The van der Waals surface area contributed by atoms with E-state index in [9.17, 15) is 13.7 Å². The van der Waals surface area contributed by atoms with E-state index in [2.05, 4.69) is 0 Å². The van der Waals surface area contributed by atoms with Crippen molar-refractivity contribution in [2.75, 3.05) is 18.9 Å². The molecular weight excluding hydrogens is 255 g/mol. The van der Waals surface area contributed by atoms with Crippen LogP contribution >= 0.6 is 23.7 Å². The normalized spacial score (nSPS) is 13.8. The van der Waals surface area contributed by atoms with Crippen LogP contribution in [0.1, 0.15) is 0 Å². The lowest BCUT2D eigenvalue weighted by molar-refractivity contribution is 0.300. The maximum absolute atomic E-state index is 10.5. The Morgan fingerprint density at radius 2 is 1.36 bits per heavy atom. The van der Waals surface area contributed by atoms with Gasteiger partial charge in [-0.25, -0.2) is 0 Å². The zero-order valence-corrected chi connectivity index (χ0v) is 9.61. The molecule has 0 rings (SSSR count). The van der Waals surface area contributed by atoms with E-state index in [0.29, 0.717) is 0 Å². The second-order valence-corrected chi connectivity index (χ2v) is 6.32. The molecule has 0 atom stereocenters. The Morgan fingerprint density at radius 3 is 1.57 bits per heavy atom. The van der Waals surface area contributed by atoms with Gasteiger partial charge in [-0.15, -0.1) is 0 Å². The molecular formula is C3H10NO7P3. The number of rotatable bonds is 6. The van der Waals surface area contributed by atoms with Crippen molar-refractivity contribution in [2.45, 2.75) is 0 Å². The van der Waals surface area contributed by atoms with Gasteiger partial charge < -0.3 is 19.6 Å². The molecule has 0 aliphatic carbocycles. The number of nitrogens with zero attached hydrogens (tertiary/aromatic N) is 1. The van der Waals surface area contributed by atoms with Gasteiger partial charge in [-0.1, -0.05) is 0 Å². The maximum atomic E-state index is 10.5. The van der Waals surface area contributed by atoms with Gasteiger partial charge in [0.05, 0.1) is 6.29 Å². The highest BCUT2D eigenvalue weighted by atomic mass is 31.2. The van der Waals surface area contributed by atoms with Crippen molar-refractivity contribution in [3.63, 3.8) is 0 Å². The second kappa shape index (κ2) is 5.45. The van der Waals surface area contributed by atoms with Gasteiger partial charge in [-0.3, -0.25) is 18.6 Å². The fraction of sp³-hybridized carbons (Fsp3) is 1.00. The molecule has 0 aromatic carbocycles. The molecule has 11 heteroatoms. The van der Waals surface area contributed by atoms with Gasteiger partial charge in [0.15, 0.2) is 8.46 Å². The first-order valence-corrected chi connectivity index (χ1v) is 7.84. The van der Waals surface area contributed by atoms with Gasteiger partial charge in [0.1, 0.15) is 12.6 Å². The molecule has 0 fully saturated rings. The minimum Gasteiger partial charge on any atom is -0.324 e. The van der Waals surface area contributed by atoms with Crippen molar-refractivity contribution in [3.8, 4) is 0 Å². The van der Waals surface area contributed by atoms with Crippen LogP contribution in [0.15, 0.2) is 0 Å². The number of hydrogen-bond donors (Lipinski definition) is 4. The van der Waals surface area contributed by atoms with Crippen LogP contribution in [0.2, 0.25) is 0 Å². The minimum atomic E-state index is -4.40. The third-order valence-electron chi connectivity index (χ3n) is 1.03. The van der Waals surface area contributed by atoms with Crippen LogP contribution < -0.4 is 0 Å². The Morgan fingerprint density at radius 1 is 1.00 bits per heavy atom. The van der Waals surface area contributed by atoms with Gasteiger partial charge in [-0.05, 0) is 0 Å². The topological polar surface area (TPSA) is 135 Å². The van der Waals surface area contributed by atoms with Crippen molar-refractivity contribution in [1.29, 1.82) is 0 Å². The highest BCUT2D eigenvalue weighted by Gasteiger charge is 2.25. The first-order valence-electron chi connectivity index (χ1n) is 3.25. The molecule has 0 aliphatic heterocycles. The van der Waals surface area contributed by atoms with Gasteiger partial charge in [0.25, 0.3) is 0 Å². The first kappa shape index (κ1) is 14.4. The molecule has 0 radical (unpaired) electrons. The summed E-state index contributed by atoms with van der Waals surface area (Å²) < 4.78 is 31.1. The van der Waals surface area contributed by atoms with Crippen molar-refractivity contribution in [3.05, 3.63) is 0 Å². The van der Waals surface area contributed by atoms with Crippen LogP contribution in [0.5, 0.6) is 0 Å². The molecule has 8 nitrogen and oxygen atoms in total. The molecule has 0 heterocycles. The fourth-order valence-corrected chi connectivity index (χ4v) is 3.02. The summed E-state index contributed by atoms with van der Waals surface area (Å²) in [6, 6.07) is 0. The SMILES string of the molecule is O=PCN(CP(=O)(O)O)CP(=O)(O)O. The molecule has 0 amide bonds. The molecule has 0 aliphatic rings. The summed E-state index contributed by atoms with van der Waals surface area (Å²) in [7, 11) is -9.26. The molecule has 0 bridgehead atoms. The van der Waals surface area contributed by atoms with Gasteiger partial charge in [0.2, 0.25) is 0 Å². The van der Waals surface area contributed by atoms with Crippen LogP contribution in [0.3, 0.4) is 0 Å². The summed E-state index contributed by atoms with van der Waals surface area (Å²) in [6.45, 7) is 0. The van der Waals surface area contributed by atoms with Crippen molar-refractivity contribution in [1.82, 2.24) is 4.90 Å². The molecule has 0 unspecified atom stereocenters. The van der Waals surface area contributed by atoms with E-state index in [1.807, 2.05) is 0 Å². The van der Waals surface area contributed by atoms with Crippen LogP contribution in [0, 0.1) is 0 Å². The predicted molar refractivity (Wildman–Crippen MR) is 48.1 cm³/mol. The van der Waals surface area contributed by atoms with E-state index in [0.717, 1.165) is 4.90 Å². The Labute approximate surface area is 81.5 Å². The average molecular weight is 265 g/mol. The van der Waals surface area contributed by atoms with Crippen LogP contribution in [-0.4, -0.2) is 43.3 Å². The van der Waals surface area contributed by atoms with Gasteiger partial charge in [0, 0.05) is 0 Å². The fourth-order valence-electron chi connectivity index (χ4n) is 0.737. The Hall–Kier alpha value is 0.360. The van der Waals surface area contributed by atoms with Crippen molar-refractivity contribution < 1.29 is 33.3 Å². The van der Waals surface area contributed by atoms with E-state index in [-0.39, 0.29) is 6.29 Å². The molecule has 0 aromatic rings. The summed E-state index contributed by atoms with van der Waals surface area (Å²) in [5, 5.41) is 0. The predicted octanol–water partition coefficient (Wildman–Crippen LogP) is -0.192. The van der Waals surface area contributed by atoms with E-state index in [4.69, 9.17) is 19.6 Å². The zero-order chi connectivity index (χ0) is 11.4. The zero-order valence-electron chi connectivity index (χ0n) is 6.92. The Bertz CT molecular complexity index is 256. The van der Waals surface area contributed by atoms with Crippen molar-refractivity contribution >= 4 is 23.7 Å². The molecule has 84 valence electrons.